The number of halogens is 1. The fourth-order valence-electron chi connectivity index (χ4n) is 3.87. The summed E-state index contributed by atoms with van der Waals surface area (Å²) in [5.41, 5.74) is 3.39. The van der Waals surface area contributed by atoms with Gasteiger partial charge < -0.3 is 10.2 Å². The number of benzene rings is 2. The van der Waals surface area contributed by atoms with Crippen LogP contribution in [0.3, 0.4) is 0 Å². The van der Waals surface area contributed by atoms with Crippen molar-refractivity contribution in [1.29, 1.82) is 0 Å². The zero-order valence-electron chi connectivity index (χ0n) is 17.6. The van der Waals surface area contributed by atoms with Crippen LogP contribution in [0.15, 0.2) is 59.4 Å². The lowest BCUT2D eigenvalue weighted by atomic mass is 9.96. The average molecular weight is 437 g/mol. The van der Waals surface area contributed by atoms with Crippen molar-refractivity contribution in [2.45, 2.75) is 26.7 Å². The molecule has 4 rings (SSSR count). The van der Waals surface area contributed by atoms with Gasteiger partial charge in [0.2, 0.25) is 5.91 Å². The number of piperidine rings is 1. The second-order valence-electron chi connectivity index (χ2n) is 8.01. The number of rotatable bonds is 4. The molecule has 31 heavy (non-hydrogen) atoms. The molecule has 1 aliphatic heterocycles. The molecule has 0 aliphatic carbocycles. The Morgan fingerprint density at radius 1 is 1.13 bits per heavy atom. The molecule has 160 valence electrons. The monoisotopic (exact) mass is 436 g/mol. The molecule has 2 aromatic carbocycles. The number of amides is 1. The molecule has 1 fully saturated rings. The zero-order chi connectivity index (χ0) is 22.0. The van der Waals surface area contributed by atoms with Gasteiger partial charge in [0.15, 0.2) is 0 Å². The largest absolute Gasteiger partial charge is 0.354 e. The number of nitrogens with one attached hydrogen (secondary N) is 1. The molecule has 1 saturated heterocycles. The van der Waals surface area contributed by atoms with E-state index < -0.39 is 0 Å². The van der Waals surface area contributed by atoms with Gasteiger partial charge in [-0.1, -0.05) is 29.8 Å². The molecule has 1 aromatic heterocycles. The van der Waals surface area contributed by atoms with E-state index >= 15 is 0 Å². The molecule has 1 aliphatic rings. The topological polar surface area (TPSA) is 67.2 Å². The Balaban J connectivity index is 1.53. The highest BCUT2D eigenvalue weighted by atomic mass is 35.5. The SMILES string of the molecule is Cc1ccc(C)c(NC(=O)[C@H]2CCCN(c3ccc(=O)n(-c4cccc(Cl)c4)n3)C2)c1. The van der Waals surface area contributed by atoms with Gasteiger partial charge in [-0.2, -0.15) is 4.68 Å². The molecule has 2 heterocycles. The van der Waals surface area contributed by atoms with Crippen molar-refractivity contribution in [2.75, 3.05) is 23.3 Å². The van der Waals surface area contributed by atoms with Crippen LogP contribution >= 0.6 is 11.6 Å². The second kappa shape index (κ2) is 8.94. The Labute approximate surface area is 186 Å². The predicted molar refractivity (Wildman–Crippen MR) is 124 cm³/mol. The van der Waals surface area contributed by atoms with E-state index in [0.717, 1.165) is 36.2 Å². The number of anilines is 2. The molecule has 0 saturated carbocycles. The molecule has 0 radical (unpaired) electrons. The summed E-state index contributed by atoms with van der Waals surface area (Å²) in [6, 6.07) is 16.3. The van der Waals surface area contributed by atoms with E-state index in [0.29, 0.717) is 23.1 Å². The molecule has 1 atom stereocenters. The fourth-order valence-corrected chi connectivity index (χ4v) is 4.05. The smallest absolute Gasteiger partial charge is 0.271 e. The van der Waals surface area contributed by atoms with E-state index in [2.05, 4.69) is 15.3 Å². The Morgan fingerprint density at radius 3 is 2.77 bits per heavy atom. The van der Waals surface area contributed by atoms with Gasteiger partial charge in [0.05, 0.1) is 11.6 Å². The second-order valence-corrected chi connectivity index (χ2v) is 8.45. The Morgan fingerprint density at radius 2 is 1.97 bits per heavy atom. The molecule has 1 amide bonds. The van der Waals surface area contributed by atoms with E-state index in [4.69, 9.17) is 11.6 Å². The van der Waals surface area contributed by atoms with Crippen LogP contribution in [0, 0.1) is 19.8 Å². The van der Waals surface area contributed by atoms with Crippen molar-refractivity contribution in [2.24, 2.45) is 5.92 Å². The quantitative estimate of drug-likeness (QED) is 0.660. The van der Waals surface area contributed by atoms with Gasteiger partial charge in [-0.05, 0) is 68.1 Å². The van der Waals surface area contributed by atoms with Gasteiger partial charge in [-0.25, -0.2) is 0 Å². The van der Waals surface area contributed by atoms with Crippen molar-refractivity contribution >= 4 is 29.0 Å². The number of nitrogens with zero attached hydrogens (tertiary/aromatic N) is 3. The number of carbonyl (C=O) groups excluding carboxylic acids is 1. The van der Waals surface area contributed by atoms with Crippen LogP contribution < -0.4 is 15.8 Å². The van der Waals surface area contributed by atoms with Crippen molar-refractivity contribution in [1.82, 2.24) is 9.78 Å². The van der Waals surface area contributed by atoms with Crippen molar-refractivity contribution in [3.63, 3.8) is 0 Å². The number of aromatic nitrogens is 2. The first-order valence-corrected chi connectivity index (χ1v) is 10.8. The van der Waals surface area contributed by atoms with E-state index in [1.165, 1.54) is 10.7 Å². The lowest BCUT2D eigenvalue weighted by Crippen LogP contribution is -2.41. The van der Waals surface area contributed by atoms with E-state index in [-0.39, 0.29) is 17.4 Å². The van der Waals surface area contributed by atoms with E-state index in [1.54, 1.807) is 30.3 Å². The summed E-state index contributed by atoms with van der Waals surface area (Å²) in [4.78, 5) is 27.4. The zero-order valence-corrected chi connectivity index (χ0v) is 18.4. The molecule has 7 heteroatoms. The summed E-state index contributed by atoms with van der Waals surface area (Å²) in [6.45, 7) is 5.34. The summed E-state index contributed by atoms with van der Waals surface area (Å²) >= 11 is 6.08. The maximum Gasteiger partial charge on any atom is 0.271 e. The number of hydrogen-bond donors (Lipinski definition) is 1. The lowest BCUT2D eigenvalue weighted by molar-refractivity contribution is -0.120. The maximum atomic E-state index is 13.0. The summed E-state index contributed by atoms with van der Waals surface area (Å²) < 4.78 is 1.35. The first-order valence-electron chi connectivity index (χ1n) is 10.4. The highest BCUT2D eigenvalue weighted by Crippen LogP contribution is 2.24. The fraction of sp³-hybridized carbons (Fsp3) is 0.292. The first-order chi connectivity index (χ1) is 14.9. The highest BCUT2D eigenvalue weighted by molar-refractivity contribution is 6.30. The van der Waals surface area contributed by atoms with Crippen LogP contribution in [0.5, 0.6) is 0 Å². The molecule has 3 aromatic rings. The van der Waals surface area contributed by atoms with Gasteiger partial charge in [-0.15, -0.1) is 5.10 Å². The third kappa shape index (κ3) is 4.80. The molecular formula is C24H25ClN4O2. The van der Waals surface area contributed by atoms with Crippen LogP contribution in [-0.2, 0) is 4.79 Å². The molecule has 6 nitrogen and oxygen atoms in total. The summed E-state index contributed by atoms with van der Waals surface area (Å²) in [5, 5.41) is 8.18. The van der Waals surface area contributed by atoms with Crippen LogP contribution in [-0.4, -0.2) is 28.8 Å². The van der Waals surface area contributed by atoms with Gasteiger partial charge in [0, 0.05) is 29.9 Å². The summed E-state index contributed by atoms with van der Waals surface area (Å²) in [5.74, 6) is 0.535. The van der Waals surface area contributed by atoms with Gasteiger partial charge in [-0.3, -0.25) is 9.59 Å². The maximum absolute atomic E-state index is 13.0. The van der Waals surface area contributed by atoms with E-state index in [1.807, 2.05) is 32.0 Å². The number of carbonyl (C=O) groups is 1. The summed E-state index contributed by atoms with van der Waals surface area (Å²) in [6.07, 6.45) is 1.70. The normalized spacial score (nSPS) is 16.2. The minimum Gasteiger partial charge on any atom is -0.354 e. The molecule has 1 N–H and O–H groups in total. The Hall–Kier alpha value is -3.12. The van der Waals surface area contributed by atoms with Gasteiger partial charge in [0.1, 0.15) is 5.82 Å². The van der Waals surface area contributed by atoms with Crippen LogP contribution in [0.25, 0.3) is 5.69 Å². The van der Waals surface area contributed by atoms with Gasteiger partial charge >= 0.3 is 0 Å². The average Bonchev–Trinajstić information content (AvgIpc) is 2.76. The van der Waals surface area contributed by atoms with Crippen LogP contribution in [0.4, 0.5) is 11.5 Å². The number of hydrogen-bond acceptors (Lipinski definition) is 4. The van der Waals surface area contributed by atoms with Crippen molar-refractivity contribution in [3.8, 4) is 5.69 Å². The van der Waals surface area contributed by atoms with Crippen molar-refractivity contribution < 1.29 is 4.79 Å². The van der Waals surface area contributed by atoms with Gasteiger partial charge in [0.25, 0.3) is 5.56 Å². The van der Waals surface area contributed by atoms with Crippen molar-refractivity contribution in [3.05, 3.63) is 81.1 Å². The van der Waals surface area contributed by atoms with Crippen LogP contribution in [0.2, 0.25) is 5.02 Å². The van der Waals surface area contributed by atoms with Crippen LogP contribution in [0.1, 0.15) is 24.0 Å². The molecule has 0 unspecified atom stereocenters. The third-order valence-corrected chi connectivity index (χ3v) is 5.84. The minimum absolute atomic E-state index is 0.0153. The highest BCUT2D eigenvalue weighted by Gasteiger charge is 2.27. The lowest BCUT2D eigenvalue weighted by Gasteiger charge is -2.33. The minimum atomic E-state index is -0.229. The predicted octanol–water partition coefficient (Wildman–Crippen LogP) is 4.36. The Kier molecular flexibility index (Phi) is 6.09. The third-order valence-electron chi connectivity index (χ3n) is 5.61. The molecule has 0 bridgehead atoms. The first kappa shape index (κ1) is 21.1. The standard InChI is InChI=1S/C24H25ClN4O2/c1-16-8-9-17(2)21(13-16)26-24(31)18-5-4-12-28(15-18)22-10-11-23(30)29(27-22)20-7-3-6-19(25)14-20/h3,6-11,13-14,18H,4-5,12,15H2,1-2H3,(H,26,31)/t18-/m0/s1. The molecular weight excluding hydrogens is 412 g/mol. The van der Waals surface area contributed by atoms with E-state index in [9.17, 15) is 9.59 Å². The Bertz CT molecular complexity index is 1170. The number of aryl methyl sites for hydroxylation is 2. The molecule has 0 spiro atoms. The summed E-state index contributed by atoms with van der Waals surface area (Å²) in [7, 11) is 0.